The summed E-state index contributed by atoms with van der Waals surface area (Å²) < 4.78 is 4.40. The number of methoxy groups -OCH3 is 1. The van der Waals surface area contributed by atoms with Crippen LogP contribution in [-0.2, 0) is 9.53 Å². The minimum absolute atomic E-state index is 0.0561. The summed E-state index contributed by atoms with van der Waals surface area (Å²) in [5.41, 5.74) is 0. The van der Waals surface area contributed by atoms with Gasteiger partial charge in [-0.1, -0.05) is 0 Å². The van der Waals surface area contributed by atoms with Crippen LogP contribution in [0.1, 0.15) is 0 Å². The third-order valence-corrected chi connectivity index (χ3v) is 1.11. The molecule has 0 amide bonds. The lowest BCUT2D eigenvalue weighted by atomic mass is 10.6. The Morgan fingerprint density at radius 2 is 2.25 bits per heavy atom. The maximum absolute atomic E-state index is 10.6. The highest BCUT2D eigenvalue weighted by atomic mass is 16.5. The summed E-state index contributed by atoms with van der Waals surface area (Å²) in [6, 6.07) is 0. The van der Waals surface area contributed by atoms with E-state index in [1.54, 1.807) is 0 Å². The molecule has 0 aliphatic heterocycles. The fraction of sp³-hybridized carbons (Fsp3) is 0.333. The molecule has 1 rings (SSSR count). The molecular formula is C6H8N4O2. The molecule has 0 unspecified atom stereocenters. The Morgan fingerprint density at radius 3 is 2.83 bits per heavy atom. The van der Waals surface area contributed by atoms with Crippen molar-refractivity contribution in [3.63, 3.8) is 0 Å². The molecule has 0 bridgehead atoms. The number of carbonyl (C=O) groups is 1. The van der Waals surface area contributed by atoms with Crippen molar-refractivity contribution in [2.75, 3.05) is 19.0 Å². The largest absolute Gasteiger partial charge is 0.468 e. The van der Waals surface area contributed by atoms with Crippen LogP contribution in [-0.4, -0.2) is 34.6 Å². The SMILES string of the molecule is COC(=O)CNc1ncncn1. The van der Waals surface area contributed by atoms with E-state index in [-0.39, 0.29) is 12.5 Å². The first-order valence-corrected chi connectivity index (χ1v) is 3.25. The van der Waals surface area contributed by atoms with Crippen LogP contribution in [0.5, 0.6) is 0 Å². The van der Waals surface area contributed by atoms with E-state index in [0.29, 0.717) is 5.95 Å². The van der Waals surface area contributed by atoms with Gasteiger partial charge in [0.1, 0.15) is 19.2 Å². The van der Waals surface area contributed by atoms with Crippen LogP contribution >= 0.6 is 0 Å². The Kier molecular flexibility index (Phi) is 2.95. The molecule has 0 radical (unpaired) electrons. The fourth-order valence-corrected chi connectivity index (χ4v) is 0.554. The Hall–Kier alpha value is -1.72. The zero-order valence-corrected chi connectivity index (χ0v) is 6.52. The summed E-state index contributed by atoms with van der Waals surface area (Å²) in [5, 5.41) is 2.66. The molecule has 64 valence electrons. The van der Waals surface area contributed by atoms with Crippen molar-refractivity contribution in [3.05, 3.63) is 12.7 Å². The molecule has 0 fully saturated rings. The molecule has 1 N–H and O–H groups in total. The van der Waals surface area contributed by atoms with Gasteiger partial charge >= 0.3 is 5.97 Å². The lowest BCUT2D eigenvalue weighted by molar-refractivity contribution is -0.138. The first-order valence-electron chi connectivity index (χ1n) is 3.25. The minimum Gasteiger partial charge on any atom is -0.468 e. The Bertz CT molecular complexity index is 251. The van der Waals surface area contributed by atoms with E-state index in [9.17, 15) is 4.79 Å². The van der Waals surface area contributed by atoms with Crippen molar-refractivity contribution >= 4 is 11.9 Å². The van der Waals surface area contributed by atoms with Gasteiger partial charge in [0.25, 0.3) is 0 Å². The molecule has 1 heterocycles. The van der Waals surface area contributed by atoms with E-state index < -0.39 is 0 Å². The number of carbonyl (C=O) groups excluding carboxylic acids is 1. The normalized spacial score (nSPS) is 9.08. The highest BCUT2D eigenvalue weighted by Gasteiger charge is 1.99. The van der Waals surface area contributed by atoms with Crippen LogP contribution in [0.15, 0.2) is 12.7 Å². The van der Waals surface area contributed by atoms with Gasteiger partial charge in [-0.25, -0.2) is 15.0 Å². The Labute approximate surface area is 69.0 Å². The number of anilines is 1. The third-order valence-electron chi connectivity index (χ3n) is 1.11. The average molecular weight is 168 g/mol. The summed E-state index contributed by atoms with van der Waals surface area (Å²) in [7, 11) is 1.32. The fourth-order valence-electron chi connectivity index (χ4n) is 0.554. The number of aromatic nitrogens is 3. The average Bonchev–Trinajstić information content (AvgIpc) is 2.16. The summed E-state index contributed by atoms with van der Waals surface area (Å²) in [4.78, 5) is 21.7. The van der Waals surface area contributed by atoms with Crippen LogP contribution in [0.2, 0.25) is 0 Å². The Balaban J connectivity index is 2.38. The smallest absolute Gasteiger partial charge is 0.325 e. The zero-order chi connectivity index (χ0) is 8.81. The van der Waals surface area contributed by atoms with Gasteiger partial charge in [0, 0.05) is 0 Å². The molecule has 6 nitrogen and oxygen atoms in total. The van der Waals surface area contributed by atoms with Gasteiger partial charge < -0.3 is 10.1 Å². The molecule has 1 aromatic rings. The van der Waals surface area contributed by atoms with Crippen molar-refractivity contribution in [2.24, 2.45) is 0 Å². The van der Waals surface area contributed by atoms with E-state index in [1.165, 1.54) is 19.8 Å². The number of hydrogen-bond donors (Lipinski definition) is 1. The first kappa shape index (κ1) is 8.38. The highest BCUT2D eigenvalue weighted by Crippen LogP contribution is 1.90. The van der Waals surface area contributed by atoms with E-state index in [1.807, 2.05) is 0 Å². The van der Waals surface area contributed by atoms with E-state index >= 15 is 0 Å². The Morgan fingerprint density at radius 1 is 1.58 bits per heavy atom. The second kappa shape index (κ2) is 4.22. The number of esters is 1. The number of rotatable bonds is 3. The van der Waals surface area contributed by atoms with Gasteiger partial charge in [-0.2, -0.15) is 0 Å². The second-order valence-corrected chi connectivity index (χ2v) is 1.89. The zero-order valence-electron chi connectivity index (χ0n) is 6.52. The molecule has 0 aromatic carbocycles. The van der Waals surface area contributed by atoms with Gasteiger partial charge in [0.15, 0.2) is 0 Å². The summed E-state index contributed by atoms with van der Waals surface area (Å²) in [6.45, 7) is 0.0561. The number of nitrogens with one attached hydrogen (secondary N) is 1. The van der Waals surface area contributed by atoms with E-state index in [2.05, 4.69) is 25.0 Å². The molecule has 0 saturated carbocycles. The van der Waals surface area contributed by atoms with Gasteiger partial charge in [0.2, 0.25) is 5.95 Å². The highest BCUT2D eigenvalue weighted by molar-refractivity contribution is 5.73. The van der Waals surface area contributed by atoms with Crippen molar-refractivity contribution in [2.45, 2.75) is 0 Å². The molecular weight excluding hydrogens is 160 g/mol. The summed E-state index contributed by atoms with van der Waals surface area (Å²) in [5.74, 6) is -0.00851. The molecule has 0 aliphatic rings. The predicted molar refractivity (Wildman–Crippen MR) is 40.3 cm³/mol. The topological polar surface area (TPSA) is 77.0 Å². The molecule has 0 saturated heterocycles. The lowest BCUT2D eigenvalue weighted by Crippen LogP contribution is -2.16. The first-order chi connectivity index (χ1) is 5.83. The van der Waals surface area contributed by atoms with Crippen molar-refractivity contribution in [3.8, 4) is 0 Å². The van der Waals surface area contributed by atoms with Crippen molar-refractivity contribution in [1.82, 2.24) is 15.0 Å². The number of hydrogen-bond acceptors (Lipinski definition) is 6. The number of nitrogens with zero attached hydrogens (tertiary/aromatic N) is 3. The monoisotopic (exact) mass is 168 g/mol. The van der Waals surface area contributed by atoms with Gasteiger partial charge in [-0.3, -0.25) is 4.79 Å². The molecule has 12 heavy (non-hydrogen) atoms. The molecule has 0 atom stereocenters. The van der Waals surface area contributed by atoms with Crippen LogP contribution in [0.3, 0.4) is 0 Å². The van der Waals surface area contributed by atoms with Gasteiger partial charge in [-0.15, -0.1) is 0 Å². The standard InChI is InChI=1S/C6H8N4O2/c1-12-5(11)2-8-6-9-3-7-4-10-6/h3-4H,2H2,1H3,(H,7,8,9,10). The van der Waals surface area contributed by atoms with E-state index in [0.717, 1.165) is 0 Å². The van der Waals surface area contributed by atoms with Crippen molar-refractivity contribution in [1.29, 1.82) is 0 Å². The molecule has 6 heteroatoms. The maximum atomic E-state index is 10.6. The van der Waals surface area contributed by atoms with Crippen LogP contribution in [0.25, 0.3) is 0 Å². The summed E-state index contributed by atoms with van der Waals surface area (Å²) in [6.07, 6.45) is 2.68. The van der Waals surface area contributed by atoms with Crippen LogP contribution in [0.4, 0.5) is 5.95 Å². The summed E-state index contributed by atoms with van der Waals surface area (Å²) >= 11 is 0. The third kappa shape index (κ3) is 2.49. The van der Waals surface area contributed by atoms with Crippen molar-refractivity contribution < 1.29 is 9.53 Å². The quantitative estimate of drug-likeness (QED) is 0.610. The molecule has 0 aliphatic carbocycles. The van der Waals surface area contributed by atoms with Gasteiger partial charge in [-0.05, 0) is 0 Å². The minimum atomic E-state index is -0.365. The van der Waals surface area contributed by atoms with Crippen LogP contribution < -0.4 is 5.32 Å². The second-order valence-electron chi connectivity index (χ2n) is 1.89. The number of ether oxygens (including phenoxy) is 1. The van der Waals surface area contributed by atoms with Gasteiger partial charge in [0.05, 0.1) is 7.11 Å². The predicted octanol–water partition coefficient (Wildman–Crippen LogP) is -0.544. The van der Waals surface area contributed by atoms with E-state index in [4.69, 9.17) is 0 Å². The lowest BCUT2D eigenvalue weighted by Gasteiger charge is -2.00. The molecule has 0 spiro atoms. The molecule has 1 aromatic heterocycles. The van der Waals surface area contributed by atoms with Crippen LogP contribution in [0, 0.1) is 0 Å². The maximum Gasteiger partial charge on any atom is 0.325 e.